The van der Waals surface area contributed by atoms with Crippen molar-refractivity contribution in [3.8, 4) is 0 Å². The number of carbonyl (C=O) groups is 2. The fraction of sp³-hybridized carbons (Fsp3) is 0.500. The average molecular weight is 292 g/mol. The second kappa shape index (κ2) is 7.22. The first-order chi connectivity index (χ1) is 9.74. The lowest BCUT2D eigenvalue weighted by Crippen LogP contribution is -2.40. The average Bonchev–Trinajstić information content (AvgIpc) is 2.41. The van der Waals surface area contributed by atoms with Crippen LogP contribution >= 0.6 is 0 Å². The Labute approximate surface area is 126 Å². The SMILES string of the molecule is CCN(Cc1ccc(C(=O)NCC(=O)O)cc1)C(C)(C)C. The molecule has 0 saturated carbocycles. The molecule has 0 bridgehead atoms. The maximum absolute atomic E-state index is 11.7. The van der Waals surface area contributed by atoms with E-state index < -0.39 is 5.97 Å². The molecule has 5 heteroatoms. The summed E-state index contributed by atoms with van der Waals surface area (Å²) in [5.41, 5.74) is 1.69. The number of hydrogen-bond donors (Lipinski definition) is 2. The van der Waals surface area contributed by atoms with Crippen molar-refractivity contribution in [3.05, 3.63) is 35.4 Å². The van der Waals surface area contributed by atoms with Gasteiger partial charge in [-0.3, -0.25) is 14.5 Å². The van der Waals surface area contributed by atoms with Gasteiger partial charge < -0.3 is 10.4 Å². The van der Waals surface area contributed by atoms with Gasteiger partial charge in [0.2, 0.25) is 0 Å². The second-order valence-electron chi connectivity index (χ2n) is 5.96. The summed E-state index contributed by atoms with van der Waals surface area (Å²) in [6.07, 6.45) is 0. The molecule has 1 aromatic rings. The van der Waals surface area contributed by atoms with Gasteiger partial charge in [0.25, 0.3) is 5.91 Å². The van der Waals surface area contributed by atoms with Crippen LogP contribution in [0.1, 0.15) is 43.6 Å². The van der Waals surface area contributed by atoms with Crippen LogP contribution in [-0.2, 0) is 11.3 Å². The number of carbonyl (C=O) groups excluding carboxylic acids is 1. The highest BCUT2D eigenvalue weighted by Crippen LogP contribution is 2.17. The summed E-state index contributed by atoms with van der Waals surface area (Å²) in [7, 11) is 0. The standard InChI is InChI=1S/C16H24N2O3/c1-5-18(16(2,3)4)11-12-6-8-13(9-7-12)15(21)17-10-14(19)20/h6-9H,5,10-11H2,1-4H3,(H,17,21)(H,19,20). The molecule has 1 amide bonds. The third kappa shape index (κ3) is 5.55. The quantitative estimate of drug-likeness (QED) is 0.842. The first-order valence-electron chi connectivity index (χ1n) is 7.08. The number of nitrogens with one attached hydrogen (secondary N) is 1. The molecule has 21 heavy (non-hydrogen) atoms. The van der Waals surface area contributed by atoms with Crippen LogP contribution in [0, 0.1) is 0 Å². The Morgan fingerprint density at radius 2 is 1.76 bits per heavy atom. The van der Waals surface area contributed by atoms with Crippen molar-refractivity contribution in [2.45, 2.75) is 39.8 Å². The number of aliphatic carboxylic acids is 1. The van der Waals surface area contributed by atoms with Crippen molar-refractivity contribution in [2.24, 2.45) is 0 Å². The van der Waals surface area contributed by atoms with Crippen LogP contribution < -0.4 is 5.32 Å². The van der Waals surface area contributed by atoms with E-state index in [-0.39, 0.29) is 18.0 Å². The predicted octanol–water partition coefficient (Wildman–Crippen LogP) is 2.12. The van der Waals surface area contributed by atoms with Crippen LogP contribution in [0.3, 0.4) is 0 Å². The fourth-order valence-electron chi connectivity index (χ4n) is 2.06. The number of rotatable bonds is 6. The van der Waals surface area contributed by atoms with E-state index in [1.807, 2.05) is 12.1 Å². The Balaban J connectivity index is 2.69. The van der Waals surface area contributed by atoms with Crippen molar-refractivity contribution in [1.29, 1.82) is 0 Å². The van der Waals surface area contributed by atoms with E-state index in [2.05, 4.69) is 37.9 Å². The maximum atomic E-state index is 11.7. The van der Waals surface area contributed by atoms with E-state index in [9.17, 15) is 9.59 Å². The monoisotopic (exact) mass is 292 g/mol. The lowest BCUT2D eigenvalue weighted by molar-refractivity contribution is -0.135. The molecule has 0 aliphatic rings. The zero-order valence-corrected chi connectivity index (χ0v) is 13.1. The molecule has 116 valence electrons. The largest absolute Gasteiger partial charge is 0.480 e. The second-order valence-corrected chi connectivity index (χ2v) is 5.96. The number of carboxylic acid groups (broad SMARTS) is 1. The molecule has 0 spiro atoms. The summed E-state index contributed by atoms with van der Waals surface area (Å²) in [4.78, 5) is 24.5. The third-order valence-electron chi connectivity index (χ3n) is 3.32. The van der Waals surface area contributed by atoms with Gasteiger partial charge in [0.05, 0.1) is 0 Å². The minimum Gasteiger partial charge on any atom is -0.480 e. The molecule has 1 aromatic carbocycles. The maximum Gasteiger partial charge on any atom is 0.322 e. The van der Waals surface area contributed by atoms with Gasteiger partial charge in [-0.05, 0) is 45.0 Å². The van der Waals surface area contributed by atoms with Crippen LogP contribution in [0.15, 0.2) is 24.3 Å². The summed E-state index contributed by atoms with van der Waals surface area (Å²) < 4.78 is 0. The molecule has 0 saturated heterocycles. The molecule has 0 unspecified atom stereocenters. The smallest absolute Gasteiger partial charge is 0.322 e. The van der Waals surface area contributed by atoms with Crippen molar-refractivity contribution in [1.82, 2.24) is 10.2 Å². The van der Waals surface area contributed by atoms with Gasteiger partial charge in [0.1, 0.15) is 6.54 Å². The van der Waals surface area contributed by atoms with Crippen LogP contribution in [0.2, 0.25) is 0 Å². The van der Waals surface area contributed by atoms with Crippen molar-refractivity contribution < 1.29 is 14.7 Å². The molecule has 0 aromatic heterocycles. The van der Waals surface area contributed by atoms with Gasteiger partial charge >= 0.3 is 5.97 Å². The number of carboxylic acids is 1. The highest BCUT2D eigenvalue weighted by molar-refractivity contribution is 5.95. The zero-order valence-electron chi connectivity index (χ0n) is 13.1. The van der Waals surface area contributed by atoms with Crippen LogP contribution in [0.4, 0.5) is 0 Å². The molecule has 0 heterocycles. The minimum atomic E-state index is -1.05. The van der Waals surface area contributed by atoms with Crippen LogP contribution in [0.5, 0.6) is 0 Å². The van der Waals surface area contributed by atoms with E-state index in [0.29, 0.717) is 5.56 Å². The molecule has 2 N–H and O–H groups in total. The van der Waals surface area contributed by atoms with Crippen LogP contribution in [0.25, 0.3) is 0 Å². The highest BCUT2D eigenvalue weighted by Gasteiger charge is 2.19. The fourth-order valence-corrected chi connectivity index (χ4v) is 2.06. The Kier molecular flexibility index (Phi) is 5.90. The minimum absolute atomic E-state index is 0.0896. The Bertz CT molecular complexity index is 489. The molecule has 5 nitrogen and oxygen atoms in total. The van der Waals surface area contributed by atoms with E-state index in [0.717, 1.165) is 18.7 Å². The summed E-state index contributed by atoms with van der Waals surface area (Å²) in [5, 5.41) is 10.9. The summed E-state index contributed by atoms with van der Waals surface area (Å²) in [5.74, 6) is -1.42. The van der Waals surface area contributed by atoms with Gasteiger partial charge in [-0.2, -0.15) is 0 Å². The summed E-state index contributed by atoms with van der Waals surface area (Å²) in [6.45, 7) is 10.0. The topological polar surface area (TPSA) is 69.6 Å². The summed E-state index contributed by atoms with van der Waals surface area (Å²) in [6, 6.07) is 7.26. The van der Waals surface area contributed by atoms with Gasteiger partial charge in [-0.1, -0.05) is 19.1 Å². The Morgan fingerprint density at radius 1 is 1.19 bits per heavy atom. The van der Waals surface area contributed by atoms with E-state index >= 15 is 0 Å². The van der Waals surface area contributed by atoms with Crippen molar-refractivity contribution in [3.63, 3.8) is 0 Å². The third-order valence-corrected chi connectivity index (χ3v) is 3.32. The molecule has 0 aliphatic heterocycles. The molecular weight excluding hydrogens is 268 g/mol. The van der Waals surface area contributed by atoms with Crippen molar-refractivity contribution in [2.75, 3.05) is 13.1 Å². The lowest BCUT2D eigenvalue weighted by Gasteiger charge is -2.34. The first kappa shape index (κ1) is 17.2. The molecular formula is C16H24N2O3. The first-order valence-corrected chi connectivity index (χ1v) is 7.08. The number of amides is 1. The molecule has 0 radical (unpaired) electrons. The van der Waals surface area contributed by atoms with Crippen LogP contribution in [-0.4, -0.2) is 40.5 Å². The number of benzene rings is 1. The van der Waals surface area contributed by atoms with Gasteiger partial charge in [0.15, 0.2) is 0 Å². The van der Waals surface area contributed by atoms with Gasteiger partial charge in [-0.25, -0.2) is 0 Å². The lowest BCUT2D eigenvalue weighted by atomic mass is 10.0. The Hall–Kier alpha value is -1.88. The van der Waals surface area contributed by atoms with Gasteiger partial charge in [-0.15, -0.1) is 0 Å². The zero-order chi connectivity index (χ0) is 16.0. The number of hydrogen-bond acceptors (Lipinski definition) is 3. The normalized spacial score (nSPS) is 11.5. The van der Waals surface area contributed by atoms with E-state index in [1.165, 1.54) is 0 Å². The summed E-state index contributed by atoms with van der Waals surface area (Å²) >= 11 is 0. The highest BCUT2D eigenvalue weighted by atomic mass is 16.4. The van der Waals surface area contributed by atoms with E-state index in [1.54, 1.807) is 12.1 Å². The Morgan fingerprint density at radius 3 is 2.19 bits per heavy atom. The van der Waals surface area contributed by atoms with E-state index in [4.69, 9.17) is 5.11 Å². The van der Waals surface area contributed by atoms with Crippen molar-refractivity contribution >= 4 is 11.9 Å². The molecule has 1 rings (SSSR count). The molecule has 0 fully saturated rings. The predicted molar refractivity (Wildman–Crippen MR) is 82.2 cm³/mol. The number of nitrogens with zero attached hydrogens (tertiary/aromatic N) is 1. The van der Waals surface area contributed by atoms with Gasteiger partial charge in [0, 0.05) is 17.6 Å². The molecule has 0 atom stereocenters. The molecule has 0 aliphatic carbocycles.